The fourth-order valence-corrected chi connectivity index (χ4v) is 3.92. The topological polar surface area (TPSA) is 23.5 Å². The molecule has 4 atom stereocenters. The zero-order valence-electron chi connectivity index (χ0n) is 10.7. The van der Waals surface area contributed by atoms with Gasteiger partial charge >= 0.3 is 0 Å². The average Bonchev–Trinajstić information content (AvgIpc) is 2.63. The van der Waals surface area contributed by atoms with Gasteiger partial charge in [0, 0.05) is 24.6 Å². The van der Waals surface area contributed by atoms with Crippen molar-refractivity contribution >= 4 is 0 Å². The molecule has 0 saturated carbocycles. The fraction of sp³-hybridized carbons (Fsp3) is 0.600. The predicted octanol–water partition coefficient (Wildman–Crippen LogP) is 2.38. The largest absolute Gasteiger partial charge is 0.396 e. The lowest BCUT2D eigenvalue weighted by Gasteiger charge is -2.42. The fourth-order valence-electron chi connectivity index (χ4n) is 3.92. The number of hydrogen-bond donors (Lipinski definition) is 1. The number of benzene rings is 1. The molecule has 2 fully saturated rings. The lowest BCUT2D eigenvalue weighted by atomic mass is 9.76. The Hall–Kier alpha value is -0.930. The minimum Gasteiger partial charge on any atom is -0.396 e. The maximum Gasteiger partial charge on any atom is 0.123 e. The van der Waals surface area contributed by atoms with E-state index >= 15 is 0 Å². The van der Waals surface area contributed by atoms with Crippen LogP contribution in [0.4, 0.5) is 4.39 Å². The first kappa shape index (κ1) is 12.1. The predicted molar refractivity (Wildman–Crippen MR) is 68.9 cm³/mol. The van der Waals surface area contributed by atoms with Gasteiger partial charge in [0.15, 0.2) is 0 Å². The van der Waals surface area contributed by atoms with E-state index in [4.69, 9.17) is 0 Å². The van der Waals surface area contributed by atoms with Crippen molar-refractivity contribution in [2.45, 2.75) is 37.3 Å². The molecule has 1 aromatic rings. The molecule has 0 amide bonds. The zero-order valence-corrected chi connectivity index (χ0v) is 10.7. The van der Waals surface area contributed by atoms with Crippen LogP contribution in [0.25, 0.3) is 0 Å². The van der Waals surface area contributed by atoms with Crippen molar-refractivity contribution < 1.29 is 9.50 Å². The molecule has 3 heteroatoms. The third-order valence-electron chi connectivity index (χ3n) is 4.94. The van der Waals surface area contributed by atoms with E-state index in [0.29, 0.717) is 23.9 Å². The Morgan fingerprint density at radius 1 is 1.28 bits per heavy atom. The number of halogens is 1. The van der Waals surface area contributed by atoms with Gasteiger partial charge in [0.05, 0.1) is 0 Å². The summed E-state index contributed by atoms with van der Waals surface area (Å²) in [4.78, 5) is 2.43. The molecule has 2 aliphatic heterocycles. The van der Waals surface area contributed by atoms with Gasteiger partial charge < -0.3 is 10.0 Å². The van der Waals surface area contributed by atoms with Crippen molar-refractivity contribution in [2.75, 3.05) is 13.7 Å². The Kier molecular flexibility index (Phi) is 3.12. The van der Waals surface area contributed by atoms with Crippen molar-refractivity contribution in [3.8, 4) is 0 Å². The molecule has 2 bridgehead atoms. The standard InChI is InChI=1S/C15H20FNO/c1-17-12-6-7-15(17)14(9-18)13(8-12)10-2-4-11(16)5-3-10/h2-5,12-15,18H,6-9H2,1H3/t12-,13-,14?,15?/m1/s1. The van der Waals surface area contributed by atoms with Crippen LogP contribution in [-0.4, -0.2) is 35.7 Å². The summed E-state index contributed by atoms with van der Waals surface area (Å²) in [5.41, 5.74) is 1.18. The van der Waals surface area contributed by atoms with Gasteiger partial charge in [0.25, 0.3) is 0 Å². The Morgan fingerprint density at radius 3 is 2.67 bits per heavy atom. The highest BCUT2D eigenvalue weighted by atomic mass is 19.1. The first-order valence-corrected chi connectivity index (χ1v) is 6.79. The van der Waals surface area contributed by atoms with E-state index in [1.165, 1.54) is 30.5 Å². The van der Waals surface area contributed by atoms with E-state index in [2.05, 4.69) is 11.9 Å². The van der Waals surface area contributed by atoms with Crippen molar-refractivity contribution in [1.82, 2.24) is 4.90 Å². The van der Waals surface area contributed by atoms with Gasteiger partial charge in [-0.2, -0.15) is 0 Å². The lowest BCUT2D eigenvalue weighted by Crippen LogP contribution is -2.47. The molecule has 0 aliphatic carbocycles. The molecule has 2 aliphatic rings. The van der Waals surface area contributed by atoms with Gasteiger partial charge in [-0.05, 0) is 49.9 Å². The van der Waals surface area contributed by atoms with E-state index in [1.807, 2.05) is 12.1 Å². The van der Waals surface area contributed by atoms with Crippen molar-refractivity contribution in [2.24, 2.45) is 5.92 Å². The Bertz CT molecular complexity index is 419. The summed E-state index contributed by atoms with van der Waals surface area (Å²) < 4.78 is 13.0. The van der Waals surface area contributed by atoms with Crippen LogP contribution in [0.5, 0.6) is 0 Å². The molecule has 18 heavy (non-hydrogen) atoms. The maximum atomic E-state index is 13.0. The summed E-state index contributed by atoms with van der Waals surface area (Å²) in [6, 6.07) is 7.95. The molecule has 3 rings (SSSR count). The van der Waals surface area contributed by atoms with Gasteiger partial charge in [-0.1, -0.05) is 12.1 Å². The third-order valence-corrected chi connectivity index (χ3v) is 4.94. The van der Waals surface area contributed by atoms with Crippen LogP contribution >= 0.6 is 0 Å². The molecule has 2 nitrogen and oxygen atoms in total. The van der Waals surface area contributed by atoms with Crippen molar-refractivity contribution in [1.29, 1.82) is 0 Å². The highest BCUT2D eigenvalue weighted by Crippen LogP contribution is 2.45. The molecule has 1 aromatic carbocycles. The van der Waals surface area contributed by atoms with Crippen LogP contribution in [0.2, 0.25) is 0 Å². The highest BCUT2D eigenvalue weighted by Gasteiger charge is 2.45. The molecule has 1 N–H and O–H groups in total. The quantitative estimate of drug-likeness (QED) is 0.870. The molecule has 2 heterocycles. The Labute approximate surface area is 107 Å². The summed E-state index contributed by atoms with van der Waals surface area (Å²) in [5, 5.41) is 9.71. The number of hydrogen-bond acceptors (Lipinski definition) is 2. The monoisotopic (exact) mass is 249 g/mol. The molecular weight excluding hydrogens is 229 g/mol. The zero-order chi connectivity index (χ0) is 12.7. The summed E-state index contributed by atoms with van der Waals surface area (Å²) in [7, 11) is 2.17. The lowest BCUT2D eigenvalue weighted by molar-refractivity contribution is 0.0592. The van der Waals surface area contributed by atoms with Crippen LogP contribution in [-0.2, 0) is 0 Å². The van der Waals surface area contributed by atoms with Crippen molar-refractivity contribution in [3.05, 3.63) is 35.6 Å². The molecule has 2 unspecified atom stereocenters. The van der Waals surface area contributed by atoms with Crippen LogP contribution in [0.3, 0.4) is 0 Å². The molecular formula is C15H20FNO. The number of rotatable bonds is 2. The number of fused-ring (bicyclic) bond motifs is 2. The molecule has 2 saturated heterocycles. The number of aliphatic hydroxyl groups excluding tert-OH is 1. The molecule has 0 aromatic heterocycles. The van der Waals surface area contributed by atoms with Gasteiger partial charge in [-0.15, -0.1) is 0 Å². The van der Waals surface area contributed by atoms with Crippen LogP contribution in [0.1, 0.15) is 30.7 Å². The minimum atomic E-state index is -0.185. The first-order valence-electron chi connectivity index (χ1n) is 6.79. The SMILES string of the molecule is CN1C2CC[C@@H]1C[C@H](c1ccc(F)cc1)C2CO. The molecule has 0 spiro atoms. The second-order valence-corrected chi connectivity index (χ2v) is 5.70. The Morgan fingerprint density at radius 2 is 2.00 bits per heavy atom. The minimum absolute atomic E-state index is 0.185. The van der Waals surface area contributed by atoms with Gasteiger partial charge in [0.2, 0.25) is 0 Å². The summed E-state index contributed by atoms with van der Waals surface area (Å²) >= 11 is 0. The van der Waals surface area contributed by atoms with Crippen LogP contribution < -0.4 is 0 Å². The van der Waals surface area contributed by atoms with E-state index in [9.17, 15) is 9.50 Å². The second kappa shape index (κ2) is 4.63. The molecule has 0 radical (unpaired) electrons. The highest BCUT2D eigenvalue weighted by molar-refractivity contribution is 5.24. The number of piperidine rings is 1. The summed E-state index contributed by atoms with van der Waals surface area (Å²) in [6.07, 6.45) is 3.50. The second-order valence-electron chi connectivity index (χ2n) is 5.70. The summed E-state index contributed by atoms with van der Waals surface area (Å²) in [5.74, 6) is 0.485. The molecule has 98 valence electrons. The normalized spacial score (nSPS) is 35.9. The van der Waals surface area contributed by atoms with E-state index < -0.39 is 0 Å². The smallest absolute Gasteiger partial charge is 0.123 e. The van der Waals surface area contributed by atoms with E-state index in [0.717, 1.165) is 6.42 Å². The van der Waals surface area contributed by atoms with E-state index in [-0.39, 0.29) is 12.4 Å². The Balaban J connectivity index is 1.89. The van der Waals surface area contributed by atoms with Crippen molar-refractivity contribution in [3.63, 3.8) is 0 Å². The van der Waals surface area contributed by atoms with Gasteiger partial charge in [-0.25, -0.2) is 4.39 Å². The van der Waals surface area contributed by atoms with Crippen LogP contribution in [0.15, 0.2) is 24.3 Å². The number of aliphatic hydroxyl groups is 1. The average molecular weight is 249 g/mol. The third kappa shape index (κ3) is 1.86. The maximum absolute atomic E-state index is 13.0. The first-order chi connectivity index (χ1) is 8.70. The van der Waals surface area contributed by atoms with Gasteiger partial charge in [0.1, 0.15) is 5.82 Å². The van der Waals surface area contributed by atoms with E-state index in [1.54, 1.807) is 0 Å². The number of nitrogens with zero attached hydrogens (tertiary/aromatic N) is 1. The summed E-state index contributed by atoms with van der Waals surface area (Å²) in [6.45, 7) is 0.226. The van der Waals surface area contributed by atoms with Crippen LogP contribution in [0, 0.1) is 11.7 Å². The van der Waals surface area contributed by atoms with Gasteiger partial charge in [-0.3, -0.25) is 0 Å².